The van der Waals surface area contributed by atoms with Crippen molar-refractivity contribution in [2.45, 2.75) is 19.9 Å². The standard InChI is InChI=1S/C14H16BrN3/c1-10-6-13(9-16-2)18-14(17-10)8-11-4-3-5-12(15)7-11/h3-7,16H,8-9H2,1-2H3. The summed E-state index contributed by atoms with van der Waals surface area (Å²) in [5, 5.41) is 3.11. The van der Waals surface area contributed by atoms with Crippen LogP contribution in [0.5, 0.6) is 0 Å². The molecule has 0 radical (unpaired) electrons. The van der Waals surface area contributed by atoms with Gasteiger partial charge in [0.15, 0.2) is 0 Å². The minimum absolute atomic E-state index is 0.762. The molecule has 3 nitrogen and oxygen atoms in total. The predicted molar refractivity (Wildman–Crippen MR) is 76.5 cm³/mol. The summed E-state index contributed by atoms with van der Waals surface area (Å²) in [7, 11) is 1.92. The van der Waals surface area contributed by atoms with Gasteiger partial charge in [-0.1, -0.05) is 28.1 Å². The molecule has 1 heterocycles. The minimum Gasteiger partial charge on any atom is -0.314 e. The topological polar surface area (TPSA) is 37.8 Å². The zero-order valence-electron chi connectivity index (χ0n) is 10.6. The Kier molecular flexibility index (Phi) is 4.44. The predicted octanol–water partition coefficient (Wildman–Crippen LogP) is 2.86. The summed E-state index contributed by atoms with van der Waals surface area (Å²) in [6.45, 7) is 2.78. The molecule has 1 aromatic heterocycles. The highest BCUT2D eigenvalue weighted by molar-refractivity contribution is 9.10. The highest BCUT2D eigenvalue weighted by atomic mass is 79.9. The van der Waals surface area contributed by atoms with Crippen LogP contribution in [0.4, 0.5) is 0 Å². The lowest BCUT2D eigenvalue weighted by atomic mass is 10.1. The first-order chi connectivity index (χ1) is 8.67. The maximum absolute atomic E-state index is 4.56. The molecule has 0 saturated heterocycles. The summed E-state index contributed by atoms with van der Waals surface area (Å²) in [4.78, 5) is 9.05. The zero-order valence-corrected chi connectivity index (χ0v) is 12.2. The van der Waals surface area contributed by atoms with Crippen LogP contribution < -0.4 is 5.32 Å². The van der Waals surface area contributed by atoms with Crippen molar-refractivity contribution in [1.29, 1.82) is 0 Å². The average molecular weight is 306 g/mol. The summed E-state index contributed by atoms with van der Waals surface area (Å²) in [6, 6.07) is 10.3. The lowest BCUT2D eigenvalue weighted by molar-refractivity contribution is 0.767. The number of aromatic nitrogens is 2. The molecule has 0 bridgehead atoms. The van der Waals surface area contributed by atoms with Gasteiger partial charge >= 0.3 is 0 Å². The Balaban J connectivity index is 2.23. The molecular weight excluding hydrogens is 290 g/mol. The molecule has 0 saturated carbocycles. The summed E-state index contributed by atoms with van der Waals surface area (Å²) < 4.78 is 1.09. The number of benzene rings is 1. The van der Waals surface area contributed by atoms with Gasteiger partial charge in [-0.3, -0.25) is 0 Å². The van der Waals surface area contributed by atoms with Crippen molar-refractivity contribution in [3.05, 3.63) is 57.6 Å². The van der Waals surface area contributed by atoms with Crippen LogP contribution in [0, 0.1) is 6.92 Å². The molecule has 0 spiro atoms. The van der Waals surface area contributed by atoms with E-state index >= 15 is 0 Å². The molecule has 0 atom stereocenters. The van der Waals surface area contributed by atoms with Gasteiger partial charge in [0.25, 0.3) is 0 Å². The Hall–Kier alpha value is -1.26. The van der Waals surface area contributed by atoms with E-state index in [0.29, 0.717) is 0 Å². The smallest absolute Gasteiger partial charge is 0.133 e. The molecule has 0 fully saturated rings. The number of hydrogen-bond donors (Lipinski definition) is 1. The summed E-state index contributed by atoms with van der Waals surface area (Å²) in [5.74, 6) is 0.873. The molecular formula is C14H16BrN3. The number of halogens is 1. The van der Waals surface area contributed by atoms with E-state index in [4.69, 9.17) is 0 Å². The van der Waals surface area contributed by atoms with Crippen LogP contribution in [-0.2, 0) is 13.0 Å². The van der Waals surface area contributed by atoms with Gasteiger partial charge in [-0.05, 0) is 37.7 Å². The number of aryl methyl sites for hydroxylation is 1. The second kappa shape index (κ2) is 6.07. The van der Waals surface area contributed by atoms with Gasteiger partial charge < -0.3 is 5.32 Å². The van der Waals surface area contributed by atoms with Gasteiger partial charge in [-0.15, -0.1) is 0 Å². The molecule has 0 unspecified atom stereocenters. The Morgan fingerprint density at radius 3 is 2.78 bits per heavy atom. The van der Waals surface area contributed by atoms with Crippen molar-refractivity contribution < 1.29 is 0 Å². The minimum atomic E-state index is 0.762. The fourth-order valence-corrected chi connectivity index (χ4v) is 2.33. The number of rotatable bonds is 4. The van der Waals surface area contributed by atoms with Gasteiger partial charge in [0.2, 0.25) is 0 Å². The first kappa shape index (κ1) is 13.2. The quantitative estimate of drug-likeness (QED) is 0.944. The molecule has 1 N–H and O–H groups in total. The largest absolute Gasteiger partial charge is 0.314 e. The van der Waals surface area contributed by atoms with Crippen LogP contribution in [0.2, 0.25) is 0 Å². The highest BCUT2D eigenvalue weighted by Crippen LogP contribution is 2.14. The Morgan fingerprint density at radius 2 is 2.06 bits per heavy atom. The van der Waals surface area contributed by atoms with Crippen LogP contribution in [0.1, 0.15) is 22.8 Å². The monoisotopic (exact) mass is 305 g/mol. The molecule has 0 amide bonds. The van der Waals surface area contributed by atoms with Crippen LogP contribution in [0.15, 0.2) is 34.8 Å². The van der Waals surface area contributed by atoms with Crippen LogP contribution in [0.25, 0.3) is 0 Å². The maximum atomic E-state index is 4.56. The van der Waals surface area contributed by atoms with E-state index in [1.807, 2.05) is 32.2 Å². The Bertz CT molecular complexity index is 540. The van der Waals surface area contributed by atoms with Crippen molar-refractivity contribution >= 4 is 15.9 Å². The van der Waals surface area contributed by atoms with Crippen molar-refractivity contribution in [1.82, 2.24) is 15.3 Å². The van der Waals surface area contributed by atoms with Gasteiger partial charge in [-0.25, -0.2) is 9.97 Å². The maximum Gasteiger partial charge on any atom is 0.133 e. The third-order valence-corrected chi connectivity index (χ3v) is 3.06. The van der Waals surface area contributed by atoms with Gasteiger partial charge in [0.1, 0.15) is 5.82 Å². The van der Waals surface area contributed by atoms with E-state index in [1.165, 1.54) is 5.56 Å². The molecule has 2 rings (SSSR count). The van der Waals surface area contributed by atoms with E-state index in [9.17, 15) is 0 Å². The second-order valence-corrected chi connectivity index (χ2v) is 5.17. The Morgan fingerprint density at radius 1 is 1.22 bits per heavy atom. The fraction of sp³-hybridized carbons (Fsp3) is 0.286. The fourth-order valence-electron chi connectivity index (χ4n) is 1.88. The van der Waals surface area contributed by atoms with Gasteiger partial charge in [0.05, 0.1) is 5.69 Å². The lowest BCUT2D eigenvalue weighted by Crippen LogP contribution is -2.10. The van der Waals surface area contributed by atoms with Crippen molar-refractivity contribution in [3.8, 4) is 0 Å². The molecule has 4 heteroatoms. The third kappa shape index (κ3) is 3.62. The van der Waals surface area contributed by atoms with E-state index in [1.54, 1.807) is 0 Å². The molecule has 0 aliphatic heterocycles. The van der Waals surface area contributed by atoms with Crippen molar-refractivity contribution in [2.24, 2.45) is 0 Å². The van der Waals surface area contributed by atoms with E-state index in [-0.39, 0.29) is 0 Å². The van der Waals surface area contributed by atoms with Crippen LogP contribution >= 0.6 is 15.9 Å². The number of nitrogens with one attached hydrogen (secondary N) is 1. The normalized spacial score (nSPS) is 10.6. The molecule has 2 aromatic rings. The van der Waals surface area contributed by atoms with Gasteiger partial charge in [-0.2, -0.15) is 0 Å². The first-order valence-corrected chi connectivity index (χ1v) is 6.69. The molecule has 94 valence electrons. The second-order valence-electron chi connectivity index (χ2n) is 4.25. The molecule has 1 aromatic carbocycles. The summed E-state index contributed by atoms with van der Waals surface area (Å²) >= 11 is 3.48. The molecule has 0 aliphatic carbocycles. The number of hydrogen-bond acceptors (Lipinski definition) is 3. The van der Waals surface area contributed by atoms with Crippen LogP contribution in [-0.4, -0.2) is 17.0 Å². The lowest BCUT2D eigenvalue weighted by Gasteiger charge is -2.06. The average Bonchev–Trinajstić information content (AvgIpc) is 2.28. The van der Waals surface area contributed by atoms with E-state index in [2.05, 4.69) is 43.3 Å². The van der Waals surface area contributed by atoms with E-state index in [0.717, 1.165) is 34.7 Å². The van der Waals surface area contributed by atoms with Crippen LogP contribution in [0.3, 0.4) is 0 Å². The number of nitrogens with zero attached hydrogens (tertiary/aromatic N) is 2. The molecule has 18 heavy (non-hydrogen) atoms. The highest BCUT2D eigenvalue weighted by Gasteiger charge is 2.03. The summed E-state index contributed by atoms with van der Waals surface area (Å²) in [6.07, 6.45) is 0.762. The Labute approximate surface area is 116 Å². The first-order valence-electron chi connectivity index (χ1n) is 5.90. The third-order valence-electron chi connectivity index (χ3n) is 2.56. The van der Waals surface area contributed by atoms with E-state index < -0.39 is 0 Å². The SMILES string of the molecule is CNCc1cc(C)nc(Cc2cccc(Br)c2)n1. The zero-order chi connectivity index (χ0) is 13.0. The summed E-state index contributed by atoms with van der Waals surface area (Å²) in [5.41, 5.74) is 3.26. The van der Waals surface area contributed by atoms with Crippen molar-refractivity contribution in [2.75, 3.05) is 7.05 Å². The molecule has 0 aliphatic rings. The van der Waals surface area contributed by atoms with Crippen molar-refractivity contribution in [3.63, 3.8) is 0 Å². The van der Waals surface area contributed by atoms with Gasteiger partial charge in [0, 0.05) is 23.1 Å².